The van der Waals surface area contributed by atoms with E-state index in [-0.39, 0.29) is 5.56 Å². The predicted octanol–water partition coefficient (Wildman–Crippen LogP) is 4.11. The van der Waals surface area contributed by atoms with Crippen molar-refractivity contribution in [2.45, 2.75) is 12.8 Å². The van der Waals surface area contributed by atoms with Crippen molar-refractivity contribution in [3.63, 3.8) is 0 Å². The zero-order valence-corrected chi connectivity index (χ0v) is 11.7. The first-order valence-corrected chi connectivity index (χ1v) is 6.48. The molecule has 0 aliphatic rings. The molecule has 2 aromatic carbocycles. The van der Waals surface area contributed by atoms with Crippen molar-refractivity contribution in [1.82, 2.24) is 0 Å². The third kappa shape index (κ3) is 5.46. The summed E-state index contributed by atoms with van der Waals surface area (Å²) in [6, 6.07) is 14.6. The largest absolute Gasteiger partial charge is 0.575 e. The molecule has 0 radical (unpaired) electrons. The number of esters is 1. The van der Waals surface area contributed by atoms with E-state index < -0.39 is 24.5 Å². The molecule has 120 valence electrons. The van der Waals surface area contributed by atoms with Crippen LogP contribution in [0.5, 0.6) is 11.5 Å². The van der Waals surface area contributed by atoms with Gasteiger partial charge >= 0.3 is 12.3 Å². The number of halogens is 3. The number of benzene rings is 2. The minimum Gasteiger partial charge on any atom is -0.457 e. The van der Waals surface area contributed by atoms with E-state index in [1.54, 1.807) is 24.3 Å². The van der Waals surface area contributed by atoms with Gasteiger partial charge in [0.25, 0.3) is 0 Å². The van der Waals surface area contributed by atoms with Gasteiger partial charge in [-0.15, -0.1) is 13.2 Å². The molecule has 0 spiro atoms. The molecule has 0 saturated carbocycles. The number of carbonyl (C=O) groups is 2. The van der Waals surface area contributed by atoms with Crippen LogP contribution in [-0.4, -0.2) is 18.1 Å². The topological polar surface area (TPSA) is 52.6 Å². The fourth-order valence-corrected chi connectivity index (χ4v) is 1.73. The van der Waals surface area contributed by atoms with Crippen molar-refractivity contribution in [1.29, 1.82) is 0 Å². The minimum atomic E-state index is -5.09. The molecule has 7 heteroatoms. The number of carbonyl (C=O) groups excluding carboxylic acids is 2. The van der Waals surface area contributed by atoms with Gasteiger partial charge in [-0.3, -0.25) is 9.59 Å². The second-order valence-corrected chi connectivity index (χ2v) is 4.46. The van der Waals surface area contributed by atoms with E-state index in [0.717, 1.165) is 0 Å². The lowest BCUT2D eigenvalue weighted by Crippen LogP contribution is -2.21. The maximum Gasteiger partial charge on any atom is 0.575 e. The van der Waals surface area contributed by atoms with Gasteiger partial charge in [0, 0.05) is 5.56 Å². The molecule has 0 amide bonds. The Morgan fingerprint density at radius 3 is 2.00 bits per heavy atom. The van der Waals surface area contributed by atoms with Crippen molar-refractivity contribution < 1.29 is 32.2 Å². The Balaban J connectivity index is 1.96. The van der Waals surface area contributed by atoms with E-state index in [1.807, 2.05) is 6.07 Å². The van der Waals surface area contributed by atoms with Crippen LogP contribution in [0.25, 0.3) is 0 Å². The van der Waals surface area contributed by atoms with E-state index in [9.17, 15) is 22.8 Å². The van der Waals surface area contributed by atoms with Crippen LogP contribution in [-0.2, 0) is 9.53 Å². The van der Waals surface area contributed by atoms with Gasteiger partial charge in [0.15, 0.2) is 5.78 Å². The Hall–Kier alpha value is -2.83. The second kappa shape index (κ2) is 6.95. The Morgan fingerprint density at radius 2 is 1.43 bits per heavy atom. The molecule has 23 heavy (non-hydrogen) atoms. The standard InChI is InChI=1S/C16H11F3O4/c17-16(18,19)23-15(21)10-14(20)11-6-8-13(9-7-11)22-12-4-2-1-3-5-12/h1-9H,10H2. The number of hydrogen-bond acceptors (Lipinski definition) is 4. The molecular weight excluding hydrogens is 313 g/mol. The maximum absolute atomic E-state index is 11.8. The molecule has 2 aromatic rings. The highest BCUT2D eigenvalue weighted by Gasteiger charge is 2.34. The second-order valence-electron chi connectivity index (χ2n) is 4.46. The third-order valence-electron chi connectivity index (χ3n) is 2.69. The highest BCUT2D eigenvalue weighted by molar-refractivity contribution is 6.06. The average Bonchev–Trinajstić information content (AvgIpc) is 2.47. The van der Waals surface area contributed by atoms with Gasteiger partial charge in [-0.25, -0.2) is 0 Å². The third-order valence-corrected chi connectivity index (χ3v) is 2.69. The first-order valence-electron chi connectivity index (χ1n) is 6.48. The molecule has 0 aliphatic heterocycles. The van der Waals surface area contributed by atoms with E-state index in [0.29, 0.717) is 11.5 Å². The molecule has 2 rings (SSSR count). The van der Waals surface area contributed by atoms with Gasteiger partial charge in [-0.05, 0) is 36.4 Å². The van der Waals surface area contributed by atoms with E-state index >= 15 is 0 Å². The number of para-hydroxylation sites is 1. The summed E-state index contributed by atoms with van der Waals surface area (Å²) >= 11 is 0. The normalized spacial score (nSPS) is 10.9. The maximum atomic E-state index is 11.8. The summed E-state index contributed by atoms with van der Waals surface area (Å²) in [7, 11) is 0. The fourth-order valence-electron chi connectivity index (χ4n) is 1.73. The molecule has 0 N–H and O–H groups in total. The lowest BCUT2D eigenvalue weighted by atomic mass is 10.1. The summed E-state index contributed by atoms with van der Waals surface area (Å²) < 4.78 is 44.2. The molecule has 0 atom stereocenters. The van der Waals surface area contributed by atoms with Crippen LogP contribution in [0, 0.1) is 0 Å². The van der Waals surface area contributed by atoms with Crippen molar-refractivity contribution in [3.05, 3.63) is 60.2 Å². The van der Waals surface area contributed by atoms with Crippen molar-refractivity contribution in [3.8, 4) is 11.5 Å². The van der Waals surface area contributed by atoms with Gasteiger partial charge < -0.3 is 9.47 Å². The smallest absolute Gasteiger partial charge is 0.457 e. The van der Waals surface area contributed by atoms with Gasteiger partial charge in [0.05, 0.1) is 0 Å². The summed E-state index contributed by atoms with van der Waals surface area (Å²) in [5.74, 6) is -1.37. The van der Waals surface area contributed by atoms with Gasteiger partial charge in [-0.1, -0.05) is 18.2 Å². The van der Waals surface area contributed by atoms with Crippen LogP contribution >= 0.6 is 0 Å². The van der Waals surface area contributed by atoms with Crippen LogP contribution in [0.4, 0.5) is 13.2 Å². The lowest BCUT2D eigenvalue weighted by molar-refractivity contribution is -0.305. The lowest BCUT2D eigenvalue weighted by Gasteiger charge is -2.08. The summed E-state index contributed by atoms with van der Waals surface area (Å²) in [5.41, 5.74) is 0.0875. The van der Waals surface area contributed by atoms with Crippen LogP contribution in [0.15, 0.2) is 54.6 Å². The number of Topliss-reactive ketones (excluding diaryl/α,β-unsaturated/α-hetero) is 1. The van der Waals surface area contributed by atoms with Crippen LogP contribution in [0.3, 0.4) is 0 Å². The summed E-state index contributed by atoms with van der Waals surface area (Å²) in [5, 5.41) is 0. The molecule has 0 aromatic heterocycles. The highest BCUT2D eigenvalue weighted by Crippen LogP contribution is 2.22. The van der Waals surface area contributed by atoms with Gasteiger partial charge in [0.2, 0.25) is 0 Å². The number of ether oxygens (including phenoxy) is 2. The first kappa shape index (κ1) is 16.5. The Kier molecular flexibility index (Phi) is 5.00. The molecule has 4 nitrogen and oxygen atoms in total. The van der Waals surface area contributed by atoms with Gasteiger partial charge in [0.1, 0.15) is 17.9 Å². The zero-order chi connectivity index (χ0) is 16.9. The van der Waals surface area contributed by atoms with Crippen LogP contribution < -0.4 is 4.74 Å². The summed E-state index contributed by atoms with van der Waals surface area (Å²) in [6.07, 6.45) is -6.08. The van der Waals surface area contributed by atoms with Crippen molar-refractivity contribution in [2.75, 3.05) is 0 Å². The van der Waals surface area contributed by atoms with Gasteiger partial charge in [-0.2, -0.15) is 0 Å². The monoisotopic (exact) mass is 324 g/mol. The number of hydrogen-bond donors (Lipinski definition) is 0. The number of ketones is 1. The fraction of sp³-hybridized carbons (Fsp3) is 0.125. The number of alkyl halides is 3. The molecular formula is C16H11F3O4. The summed E-state index contributed by atoms with van der Waals surface area (Å²) in [4.78, 5) is 22.7. The minimum absolute atomic E-state index is 0.0875. The molecule has 0 fully saturated rings. The Bertz CT molecular complexity index is 679. The average molecular weight is 324 g/mol. The molecule has 0 saturated heterocycles. The quantitative estimate of drug-likeness (QED) is 0.472. The van der Waals surface area contributed by atoms with E-state index in [4.69, 9.17) is 4.74 Å². The van der Waals surface area contributed by atoms with Crippen LogP contribution in [0.2, 0.25) is 0 Å². The molecule has 0 heterocycles. The highest BCUT2D eigenvalue weighted by atomic mass is 19.4. The Morgan fingerprint density at radius 1 is 0.870 bits per heavy atom. The van der Waals surface area contributed by atoms with Crippen molar-refractivity contribution >= 4 is 11.8 Å². The number of rotatable bonds is 5. The molecule has 0 aliphatic carbocycles. The first-order chi connectivity index (χ1) is 10.8. The molecule has 0 unspecified atom stereocenters. The van der Waals surface area contributed by atoms with E-state index in [2.05, 4.69) is 4.74 Å². The van der Waals surface area contributed by atoms with Crippen molar-refractivity contribution in [2.24, 2.45) is 0 Å². The molecule has 0 bridgehead atoms. The van der Waals surface area contributed by atoms with E-state index in [1.165, 1.54) is 24.3 Å². The zero-order valence-electron chi connectivity index (χ0n) is 11.7. The predicted molar refractivity (Wildman–Crippen MR) is 74.1 cm³/mol. The Labute approximate surface area is 129 Å². The van der Waals surface area contributed by atoms with Crippen LogP contribution in [0.1, 0.15) is 16.8 Å². The SMILES string of the molecule is O=C(CC(=O)c1ccc(Oc2ccccc2)cc1)OC(F)(F)F. The summed E-state index contributed by atoms with van der Waals surface area (Å²) in [6.45, 7) is 0.